The molecule has 3 aromatic rings. The zero-order chi connectivity index (χ0) is 14.4. The Morgan fingerprint density at radius 1 is 1.35 bits per heavy atom. The molecule has 5 heteroatoms. The first-order chi connectivity index (χ1) is 9.49. The number of nitrogens with zero attached hydrogens (tertiary/aromatic N) is 2. The van der Waals surface area contributed by atoms with E-state index in [1.54, 1.807) is 13.1 Å². The second-order valence-electron chi connectivity index (χ2n) is 4.97. The van der Waals surface area contributed by atoms with Crippen LogP contribution in [0.5, 0.6) is 0 Å². The molecule has 0 aliphatic rings. The summed E-state index contributed by atoms with van der Waals surface area (Å²) < 4.78 is 1.39. The quantitative estimate of drug-likeness (QED) is 0.751. The highest BCUT2D eigenvalue weighted by Crippen LogP contribution is 2.32. The molecule has 0 radical (unpaired) electrons. The van der Waals surface area contributed by atoms with Crippen molar-refractivity contribution < 1.29 is 9.90 Å². The van der Waals surface area contributed by atoms with Crippen LogP contribution in [0.4, 0.5) is 0 Å². The van der Waals surface area contributed by atoms with Crippen LogP contribution in [0.15, 0.2) is 24.3 Å². The smallest absolute Gasteiger partial charge is 0.354 e. The highest BCUT2D eigenvalue weighted by atomic mass is 16.4. The van der Waals surface area contributed by atoms with Gasteiger partial charge in [-0.15, -0.1) is 0 Å². The van der Waals surface area contributed by atoms with E-state index in [1.165, 1.54) is 4.68 Å². The van der Waals surface area contributed by atoms with Crippen molar-refractivity contribution in [2.24, 2.45) is 7.05 Å². The van der Waals surface area contributed by atoms with E-state index in [1.807, 2.05) is 32.0 Å². The molecule has 2 N–H and O–H groups in total. The molecule has 3 rings (SSSR count). The maximum absolute atomic E-state index is 11.1. The van der Waals surface area contributed by atoms with Gasteiger partial charge in [0.05, 0.1) is 5.69 Å². The number of aromatic nitrogens is 3. The number of rotatable bonds is 2. The summed E-state index contributed by atoms with van der Waals surface area (Å²) in [6, 6.07) is 7.68. The van der Waals surface area contributed by atoms with Crippen molar-refractivity contribution >= 4 is 16.9 Å². The molecule has 1 aromatic carbocycles. The number of H-pyrrole nitrogens is 1. The zero-order valence-electron chi connectivity index (χ0n) is 11.6. The summed E-state index contributed by atoms with van der Waals surface area (Å²) in [5.74, 6) is -0.972. The fourth-order valence-electron chi connectivity index (χ4n) is 2.61. The molecular weight excluding hydrogens is 254 g/mol. The monoisotopic (exact) mass is 269 g/mol. The first kappa shape index (κ1) is 12.5. The minimum absolute atomic E-state index is 0.182. The number of hydrogen-bond acceptors (Lipinski definition) is 2. The van der Waals surface area contributed by atoms with Crippen LogP contribution in [0, 0.1) is 13.8 Å². The first-order valence-electron chi connectivity index (χ1n) is 6.34. The fraction of sp³-hybridized carbons (Fsp3) is 0.200. The Labute approximate surface area is 115 Å². The molecule has 0 saturated heterocycles. The lowest BCUT2D eigenvalue weighted by atomic mass is 10.1. The van der Waals surface area contributed by atoms with E-state index < -0.39 is 5.97 Å². The molecule has 2 aromatic heterocycles. The van der Waals surface area contributed by atoms with E-state index >= 15 is 0 Å². The van der Waals surface area contributed by atoms with Crippen molar-refractivity contribution in [2.45, 2.75) is 13.8 Å². The third kappa shape index (κ3) is 1.71. The predicted molar refractivity (Wildman–Crippen MR) is 76.9 cm³/mol. The molecule has 0 bridgehead atoms. The molecule has 102 valence electrons. The summed E-state index contributed by atoms with van der Waals surface area (Å²) >= 11 is 0. The van der Waals surface area contributed by atoms with E-state index in [0.717, 1.165) is 27.7 Å². The molecule has 0 fully saturated rings. The van der Waals surface area contributed by atoms with Crippen molar-refractivity contribution in [2.75, 3.05) is 0 Å². The van der Waals surface area contributed by atoms with E-state index in [-0.39, 0.29) is 5.69 Å². The molecular formula is C15H15N3O2. The fourth-order valence-corrected chi connectivity index (χ4v) is 2.61. The second kappa shape index (κ2) is 4.23. The largest absolute Gasteiger partial charge is 0.477 e. The van der Waals surface area contributed by atoms with Gasteiger partial charge < -0.3 is 10.1 Å². The van der Waals surface area contributed by atoms with Crippen molar-refractivity contribution in [1.82, 2.24) is 14.8 Å². The second-order valence-corrected chi connectivity index (χ2v) is 4.97. The lowest BCUT2D eigenvalue weighted by Gasteiger charge is -1.97. The van der Waals surface area contributed by atoms with Crippen molar-refractivity contribution in [1.29, 1.82) is 0 Å². The van der Waals surface area contributed by atoms with Crippen molar-refractivity contribution in [3.05, 3.63) is 41.2 Å². The lowest BCUT2D eigenvalue weighted by Crippen LogP contribution is -2.04. The summed E-state index contributed by atoms with van der Waals surface area (Å²) in [6.45, 7) is 4.02. The number of nitrogens with one attached hydrogen (secondary N) is 1. The van der Waals surface area contributed by atoms with Crippen LogP contribution < -0.4 is 0 Å². The summed E-state index contributed by atoms with van der Waals surface area (Å²) in [7, 11) is 1.64. The molecule has 0 unspecified atom stereocenters. The van der Waals surface area contributed by atoms with Gasteiger partial charge in [0.1, 0.15) is 5.69 Å². The Bertz CT molecular complexity index is 827. The number of fused-ring (bicyclic) bond motifs is 1. The van der Waals surface area contributed by atoms with E-state index in [4.69, 9.17) is 5.11 Å². The molecule has 5 nitrogen and oxygen atoms in total. The summed E-state index contributed by atoms with van der Waals surface area (Å²) in [4.78, 5) is 14.5. The Balaban J connectivity index is 2.30. The molecule has 0 amide bonds. The van der Waals surface area contributed by atoms with Gasteiger partial charge in [0.25, 0.3) is 0 Å². The van der Waals surface area contributed by atoms with Crippen LogP contribution in [-0.2, 0) is 7.05 Å². The summed E-state index contributed by atoms with van der Waals surface area (Å²) in [5.41, 5.74) is 5.05. The van der Waals surface area contributed by atoms with Crippen LogP contribution in [-0.4, -0.2) is 25.8 Å². The molecule has 0 atom stereocenters. The lowest BCUT2D eigenvalue weighted by molar-refractivity contribution is 0.0685. The third-order valence-corrected chi connectivity index (χ3v) is 3.58. The number of carbonyl (C=O) groups is 1. The van der Waals surface area contributed by atoms with Crippen LogP contribution >= 0.6 is 0 Å². The number of hydrogen-bond donors (Lipinski definition) is 2. The minimum Gasteiger partial charge on any atom is -0.477 e. The summed E-state index contributed by atoms with van der Waals surface area (Å²) in [5, 5.41) is 14.5. The third-order valence-electron chi connectivity index (χ3n) is 3.58. The van der Waals surface area contributed by atoms with E-state index in [2.05, 4.69) is 10.1 Å². The van der Waals surface area contributed by atoms with Crippen LogP contribution in [0.25, 0.3) is 22.2 Å². The van der Waals surface area contributed by atoms with Gasteiger partial charge in [-0.3, -0.25) is 4.68 Å². The Morgan fingerprint density at radius 3 is 2.75 bits per heavy atom. The zero-order valence-corrected chi connectivity index (χ0v) is 11.6. The molecule has 0 spiro atoms. The number of para-hydroxylation sites is 1. The van der Waals surface area contributed by atoms with Gasteiger partial charge >= 0.3 is 5.97 Å². The number of aryl methyl sites for hydroxylation is 3. The van der Waals surface area contributed by atoms with Gasteiger partial charge in [0.15, 0.2) is 0 Å². The van der Waals surface area contributed by atoms with Gasteiger partial charge in [0.2, 0.25) is 0 Å². The van der Waals surface area contributed by atoms with Crippen LogP contribution in [0.3, 0.4) is 0 Å². The highest BCUT2D eigenvalue weighted by molar-refractivity contribution is 5.99. The topological polar surface area (TPSA) is 70.9 Å². The standard InChI is InChI=1S/C15H15N3O2/c1-8-5-4-6-10-13(9(2)16-14(8)10)11-7-12(15(19)20)18(3)17-11/h4-7,16H,1-3H3,(H,19,20). The Kier molecular flexibility index (Phi) is 2.64. The van der Waals surface area contributed by atoms with Crippen molar-refractivity contribution in [3.63, 3.8) is 0 Å². The van der Waals surface area contributed by atoms with Crippen LogP contribution in [0.2, 0.25) is 0 Å². The number of aromatic amines is 1. The Morgan fingerprint density at radius 2 is 2.10 bits per heavy atom. The minimum atomic E-state index is -0.972. The van der Waals surface area contributed by atoms with Gasteiger partial charge in [-0.25, -0.2) is 4.79 Å². The normalized spacial score (nSPS) is 11.2. The van der Waals surface area contributed by atoms with Gasteiger partial charge in [-0.2, -0.15) is 5.10 Å². The molecule has 0 aliphatic heterocycles. The van der Waals surface area contributed by atoms with Crippen LogP contribution in [0.1, 0.15) is 21.7 Å². The number of carboxylic acid groups (broad SMARTS) is 1. The van der Waals surface area contributed by atoms with Gasteiger partial charge in [-0.1, -0.05) is 18.2 Å². The molecule has 0 saturated carbocycles. The van der Waals surface area contributed by atoms with Crippen molar-refractivity contribution in [3.8, 4) is 11.3 Å². The molecule has 0 aliphatic carbocycles. The predicted octanol–water partition coefficient (Wildman–Crippen LogP) is 2.88. The molecule has 20 heavy (non-hydrogen) atoms. The maximum atomic E-state index is 11.1. The average molecular weight is 269 g/mol. The molecule has 2 heterocycles. The average Bonchev–Trinajstić information content (AvgIpc) is 2.90. The summed E-state index contributed by atoms with van der Waals surface area (Å²) in [6.07, 6.45) is 0. The maximum Gasteiger partial charge on any atom is 0.354 e. The highest BCUT2D eigenvalue weighted by Gasteiger charge is 2.18. The number of benzene rings is 1. The van der Waals surface area contributed by atoms with Gasteiger partial charge in [-0.05, 0) is 25.5 Å². The number of aromatic carboxylic acids is 1. The Hall–Kier alpha value is -2.56. The number of carboxylic acids is 1. The first-order valence-corrected chi connectivity index (χ1v) is 6.34. The van der Waals surface area contributed by atoms with E-state index in [9.17, 15) is 4.79 Å². The SMILES string of the molecule is Cc1[nH]c2c(C)cccc2c1-c1cc(C(=O)O)n(C)n1. The van der Waals surface area contributed by atoms with E-state index in [0.29, 0.717) is 5.69 Å². The van der Waals surface area contributed by atoms with Gasteiger partial charge in [0, 0.05) is 29.2 Å².